The molecule has 5 nitrogen and oxygen atoms in total. The average Bonchev–Trinajstić information content (AvgIpc) is 2.38. The Kier molecular flexibility index (Phi) is 3.89. The predicted octanol–water partition coefficient (Wildman–Crippen LogP) is 2.41. The van der Waals surface area contributed by atoms with E-state index in [9.17, 15) is 0 Å². The Morgan fingerprint density at radius 2 is 1.22 bits per heavy atom. The van der Waals surface area contributed by atoms with Crippen molar-refractivity contribution in [3.8, 4) is 0 Å². The van der Waals surface area contributed by atoms with Gasteiger partial charge in [0.25, 0.3) is 0 Å². The van der Waals surface area contributed by atoms with Crippen LogP contribution >= 0.6 is 8.25 Å². The minimum atomic E-state index is -2.87. The SMILES string of the molecule is O=[P+](O)O.c1cnc2c(c1)ccc1cccnc12. The quantitative estimate of drug-likeness (QED) is 0.479. The molecule has 2 N–H and O–H groups in total. The Labute approximate surface area is 104 Å². The zero-order valence-corrected chi connectivity index (χ0v) is 10.2. The van der Waals surface area contributed by atoms with Gasteiger partial charge in [0.15, 0.2) is 0 Å². The maximum absolute atomic E-state index is 8.70. The second kappa shape index (κ2) is 5.60. The zero-order chi connectivity index (χ0) is 13.0. The van der Waals surface area contributed by atoms with Crippen LogP contribution in [0.2, 0.25) is 0 Å². The van der Waals surface area contributed by atoms with E-state index in [4.69, 9.17) is 14.4 Å². The molecule has 0 saturated heterocycles. The zero-order valence-electron chi connectivity index (χ0n) is 9.26. The number of benzene rings is 1. The van der Waals surface area contributed by atoms with E-state index >= 15 is 0 Å². The number of aromatic nitrogens is 2. The van der Waals surface area contributed by atoms with E-state index < -0.39 is 8.25 Å². The van der Waals surface area contributed by atoms with Crippen LogP contribution in [-0.2, 0) is 4.57 Å². The van der Waals surface area contributed by atoms with Crippen molar-refractivity contribution in [2.24, 2.45) is 0 Å². The fourth-order valence-corrected chi connectivity index (χ4v) is 1.68. The Balaban J connectivity index is 0.000000267. The molecule has 2 heterocycles. The van der Waals surface area contributed by atoms with Gasteiger partial charge in [-0.25, -0.2) is 0 Å². The van der Waals surface area contributed by atoms with Gasteiger partial charge < -0.3 is 0 Å². The van der Waals surface area contributed by atoms with E-state index in [0.29, 0.717) is 0 Å². The molecule has 0 aliphatic carbocycles. The Morgan fingerprint density at radius 3 is 1.61 bits per heavy atom. The number of pyridine rings is 2. The third-order valence-electron chi connectivity index (χ3n) is 2.34. The standard InChI is InChI=1S/C12H8N2.HO3P/c1-3-9-5-6-10-4-2-8-14-12(10)11(9)13-7-1;1-4(2)3/h1-8H;(H-,1,2,3)/p+1. The first-order valence-electron chi connectivity index (χ1n) is 5.12. The lowest BCUT2D eigenvalue weighted by atomic mass is 10.1. The highest BCUT2D eigenvalue weighted by Gasteiger charge is 2.00. The molecule has 0 spiro atoms. The summed E-state index contributed by atoms with van der Waals surface area (Å²) in [5.74, 6) is 0. The maximum atomic E-state index is 8.70. The summed E-state index contributed by atoms with van der Waals surface area (Å²) in [6, 6.07) is 12.1. The van der Waals surface area contributed by atoms with Gasteiger partial charge in [-0.2, -0.15) is 0 Å². The van der Waals surface area contributed by atoms with Gasteiger partial charge in [-0.15, -0.1) is 9.79 Å². The van der Waals surface area contributed by atoms with Crippen molar-refractivity contribution in [2.75, 3.05) is 0 Å². The Bertz CT molecular complexity index is 644. The first-order chi connectivity index (χ1) is 8.68. The molecule has 3 aromatic rings. The van der Waals surface area contributed by atoms with Crippen LogP contribution in [0.3, 0.4) is 0 Å². The summed E-state index contributed by atoms with van der Waals surface area (Å²) in [7, 11) is -2.87. The molecule has 0 saturated carbocycles. The largest absolute Gasteiger partial charge is 0.692 e. The van der Waals surface area contributed by atoms with Gasteiger partial charge >= 0.3 is 8.25 Å². The van der Waals surface area contributed by atoms with Gasteiger partial charge in [0.1, 0.15) is 0 Å². The monoisotopic (exact) mass is 261 g/mol. The molecule has 2 aromatic heterocycles. The third-order valence-corrected chi connectivity index (χ3v) is 2.34. The molecule has 0 radical (unpaired) electrons. The van der Waals surface area contributed by atoms with Gasteiger partial charge in [-0.1, -0.05) is 24.3 Å². The molecule has 1 aromatic carbocycles. The molecule has 0 bridgehead atoms. The Hall–Kier alpha value is -1.94. The topological polar surface area (TPSA) is 83.3 Å². The molecule has 0 aliphatic rings. The minimum absolute atomic E-state index is 0.977. The van der Waals surface area contributed by atoms with E-state index in [2.05, 4.69) is 34.2 Å². The third kappa shape index (κ3) is 2.84. The average molecular weight is 261 g/mol. The van der Waals surface area contributed by atoms with Crippen molar-refractivity contribution in [3.63, 3.8) is 0 Å². The highest BCUT2D eigenvalue weighted by molar-refractivity contribution is 7.30. The van der Waals surface area contributed by atoms with Crippen LogP contribution in [0.1, 0.15) is 0 Å². The second-order valence-electron chi connectivity index (χ2n) is 3.47. The summed E-state index contributed by atoms with van der Waals surface area (Å²) < 4.78 is 8.70. The van der Waals surface area contributed by atoms with Gasteiger partial charge in [0, 0.05) is 27.7 Å². The molecule has 18 heavy (non-hydrogen) atoms. The fourth-order valence-electron chi connectivity index (χ4n) is 1.68. The van der Waals surface area contributed by atoms with Crippen molar-refractivity contribution < 1.29 is 14.4 Å². The van der Waals surface area contributed by atoms with Crippen molar-refractivity contribution >= 4 is 30.1 Å². The lowest BCUT2D eigenvalue weighted by Gasteiger charge is -2.00. The van der Waals surface area contributed by atoms with Crippen LogP contribution in [0.25, 0.3) is 21.8 Å². The van der Waals surface area contributed by atoms with E-state index in [1.165, 1.54) is 0 Å². The van der Waals surface area contributed by atoms with Crippen LogP contribution in [0, 0.1) is 0 Å². The summed E-state index contributed by atoms with van der Waals surface area (Å²) in [4.78, 5) is 22.9. The van der Waals surface area contributed by atoms with Crippen molar-refractivity contribution in [2.45, 2.75) is 0 Å². The number of nitrogens with zero attached hydrogens (tertiary/aromatic N) is 2. The van der Waals surface area contributed by atoms with Gasteiger partial charge in [-0.3, -0.25) is 9.97 Å². The van der Waals surface area contributed by atoms with Crippen LogP contribution in [-0.4, -0.2) is 19.8 Å². The van der Waals surface area contributed by atoms with E-state index in [1.807, 2.05) is 12.1 Å². The van der Waals surface area contributed by atoms with E-state index in [0.717, 1.165) is 21.8 Å². The normalized spacial score (nSPS) is 9.89. The maximum Gasteiger partial charge on any atom is 0.692 e. The summed E-state index contributed by atoms with van der Waals surface area (Å²) in [5, 5.41) is 2.28. The number of hydrogen-bond acceptors (Lipinski definition) is 3. The van der Waals surface area contributed by atoms with Gasteiger partial charge in [-0.05, 0) is 12.1 Å². The van der Waals surface area contributed by atoms with Crippen molar-refractivity contribution in [1.29, 1.82) is 0 Å². The first-order valence-corrected chi connectivity index (χ1v) is 6.28. The van der Waals surface area contributed by atoms with Crippen LogP contribution < -0.4 is 0 Å². The number of hydrogen-bond donors (Lipinski definition) is 2. The lowest BCUT2D eigenvalue weighted by Crippen LogP contribution is -1.83. The Morgan fingerprint density at radius 1 is 0.833 bits per heavy atom. The molecular weight excluding hydrogens is 251 g/mol. The minimum Gasteiger partial charge on any atom is -0.254 e. The van der Waals surface area contributed by atoms with Gasteiger partial charge in [0.05, 0.1) is 11.0 Å². The lowest BCUT2D eigenvalue weighted by molar-refractivity contribution is 0.405. The molecule has 0 amide bonds. The number of rotatable bonds is 0. The molecule has 90 valence electrons. The van der Waals surface area contributed by atoms with E-state index in [-0.39, 0.29) is 0 Å². The predicted molar refractivity (Wildman–Crippen MR) is 69.1 cm³/mol. The summed E-state index contributed by atoms with van der Waals surface area (Å²) in [6.45, 7) is 0. The molecule has 0 fully saturated rings. The van der Waals surface area contributed by atoms with Crippen LogP contribution in [0.15, 0.2) is 48.8 Å². The molecule has 0 unspecified atom stereocenters. The first kappa shape index (κ1) is 12.5. The smallest absolute Gasteiger partial charge is 0.254 e. The van der Waals surface area contributed by atoms with Crippen LogP contribution in [0.4, 0.5) is 0 Å². The molecule has 0 aliphatic heterocycles. The van der Waals surface area contributed by atoms with Gasteiger partial charge in [0.2, 0.25) is 0 Å². The molecular formula is C12H10N2O3P+. The summed E-state index contributed by atoms with van der Waals surface area (Å²) in [5.41, 5.74) is 1.95. The fraction of sp³-hybridized carbons (Fsp3) is 0. The highest BCUT2D eigenvalue weighted by Crippen LogP contribution is 2.20. The molecule has 3 rings (SSSR count). The molecule has 6 heteroatoms. The number of fused-ring (bicyclic) bond motifs is 3. The summed E-state index contributed by atoms with van der Waals surface area (Å²) >= 11 is 0. The molecule has 0 atom stereocenters. The van der Waals surface area contributed by atoms with Crippen molar-refractivity contribution in [1.82, 2.24) is 9.97 Å². The highest BCUT2D eigenvalue weighted by atomic mass is 31.1. The van der Waals surface area contributed by atoms with Crippen molar-refractivity contribution in [3.05, 3.63) is 48.8 Å². The second-order valence-corrected chi connectivity index (χ2v) is 3.97. The summed E-state index contributed by atoms with van der Waals surface area (Å²) in [6.07, 6.45) is 3.60. The van der Waals surface area contributed by atoms with E-state index in [1.54, 1.807) is 12.4 Å². The van der Waals surface area contributed by atoms with Crippen LogP contribution in [0.5, 0.6) is 0 Å².